The third-order valence-corrected chi connectivity index (χ3v) is 11.4. The van der Waals surface area contributed by atoms with E-state index < -0.39 is 94.4 Å². The minimum atomic E-state index is -5.23. The molecule has 4 aromatic rings. The van der Waals surface area contributed by atoms with Gasteiger partial charge in [0.05, 0.1) is 46.2 Å². The Labute approximate surface area is 307 Å². The topological polar surface area (TPSA) is 108 Å². The second-order valence-corrected chi connectivity index (χ2v) is 14.3. The lowest BCUT2D eigenvalue weighted by atomic mass is 9.50. The molecule has 8 nitrogen and oxygen atoms in total. The van der Waals surface area contributed by atoms with E-state index in [9.17, 15) is 45.8 Å². The minimum absolute atomic E-state index is 0.0888. The summed E-state index contributed by atoms with van der Waals surface area (Å²) in [5.41, 5.74) is -4.92. The van der Waals surface area contributed by atoms with Crippen molar-refractivity contribution in [3.63, 3.8) is 0 Å². The van der Waals surface area contributed by atoms with Crippen molar-refractivity contribution >= 4 is 46.6 Å². The van der Waals surface area contributed by atoms with Crippen LogP contribution in [-0.2, 0) is 43.6 Å². The number of carbonyl (C=O) groups excluding carboxylic acids is 4. The zero-order valence-electron chi connectivity index (χ0n) is 27.7. The zero-order valence-corrected chi connectivity index (χ0v) is 28.5. The normalized spacial score (nSPS) is 26.9. The first-order chi connectivity index (χ1) is 25.6. The third-order valence-electron chi connectivity index (χ3n) is 11.1. The van der Waals surface area contributed by atoms with E-state index in [-0.39, 0.29) is 41.1 Å². The lowest BCUT2D eigenvalue weighted by molar-refractivity contribution is -0.143. The maximum Gasteiger partial charge on any atom is 0.416 e. The van der Waals surface area contributed by atoms with Crippen LogP contribution in [0.15, 0.2) is 101 Å². The van der Waals surface area contributed by atoms with Crippen molar-refractivity contribution in [1.29, 1.82) is 0 Å². The first-order valence-corrected chi connectivity index (χ1v) is 17.2. The number of halogens is 7. The lowest BCUT2D eigenvalue weighted by Gasteiger charge is -2.49. The Balaban J connectivity index is 1.31. The van der Waals surface area contributed by atoms with E-state index in [1.807, 2.05) is 0 Å². The maximum atomic E-state index is 15.2. The number of hydrogen-bond acceptors (Lipinski definition) is 6. The molecule has 3 fully saturated rings. The first kappa shape index (κ1) is 35.8. The highest BCUT2D eigenvalue weighted by Crippen LogP contribution is 2.64. The molecule has 0 bridgehead atoms. The predicted molar refractivity (Wildman–Crippen MR) is 180 cm³/mol. The highest BCUT2D eigenvalue weighted by atomic mass is 35.5. The van der Waals surface area contributed by atoms with Crippen LogP contribution in [0.4, 0.5) is 37.7 Å². The fourth-order valence-corrected chi connectivity index (χ4v) is 9.19. The number of nitrogens with zero attached hydrogens (tertiary/aromatic N) is 2. The van der Waals surface area contributed by atoms with Crippen molar-refractivity contribution in [3.05, 3.63) is 130 Å². The van der Waals surface area contributed by atoms with Crippen LogP contribution in [0.5, 0.6) is 0 Å². The number of furan rings is 1. The quantitative estimate of drug-likeness (QED) is 0.126. The van der Waals surface area contributed by atoms with Gasteiger partial charge in [0.25, 0.3) is 0 Å². The van der Waals surface area contributed by atoms with Crippen LogP contribution in [0.25, 0.3) is 0 Å². The third kappa shape index (κ3) is 5.24. The van der Waals surface area contributed by atoms with Gasteiger partial charge in [-0.05, 0) is 72.9 Å². The summed E-state index contributed by atoms with van der Waals surface area (Å²) in [6.45, 7) is -0.512. The average molecular weight is 769 g/mol. The van der Waals surface area contributed by atoms with Gasteiger partial charge in [-0.15, -0.1) is 0 Å². The monoisotopic (exact) mass is 768 g/mol. The number of aliphatic hydroxyl groups is 1. The van der Waals surface area contributed by atoms with E-state index in [1.165, 1.54) is 18.2 Å². The number of hydrogen-bond donors (Lipinski definition) is 1. The SMILES string of the molecule is O=C1C2CC=C3C(CC4C(=O)N(c5cccc(Cl)c5)C(=O)C4(c4ccccc4)C3c3ccc(CO)o3)C2C(=O)N1c1cc(C(F)(F)F)cc(C(F)(F)F)c1. The number of alkyl halides is 6. The Morgan fingerprint density at radius 1 is 0.759 bits per heavy atom. The summed E-state index contributed by atoms with van der Waals surface area (Å²) in [7, 11) is 0. The Hall–Kier alpha value is -5.21. The van der Waals surface area contributed by atoms with Crippen molar-refractivity contribution < 1.29 is 55.0 Å². The van der Waals surface area contributed by atoms with Crippen LogP contribution >= 0.6 is 11.6 Å². The van der Waals surface area contributed by atoms with Crippen LogP contribution in [0.2, 0.25) is 5.02 Å². The number of imide groups is 2. The van der Waals surface area contributed by atoms with Crippen molar-refractivity contribution in [1.82, 2.24) is 0 Å². The summed E-state index contributed by atoms with van der Waals surface area (Å²) < 4.78 is 89.2. The Kier molecular flexibility index (Phi) is 8.23. The van der Waals surface area contributed by atoms with Gasteiger partial charge < -0.3 is 9.52 Å². The van der Waals surface area contributed by atoms with Crippen molar-refractivity contribution in [2.24, 2.45) is 23.7 Å². The molecule has 15 heteroatoms. The number of carbonyl (C=O) groups is 4. The molecule has 3 heterocycles. The molecule has 0 radical (unpaired) electrons. The highest BCUT2D eigenvalue weighted by molar-refractivity contribution is 6.32. The molecule has 3 aromatic carbocycles. The van der Waals surface area contributed by atoms with Gasteiger partial charge in [-0.1, -0.05) is 59.6 Å². The van der Waals surface area contributed by atoms with Gasteiger partial charge in [-0.25, -0.2) is 9.80 Å². The standard InChI is InChI=1S/C39H27ClF6N2O6/c40-22-7-4-8-23(16-22)48-34(51)29-17-28-26(32(30-12-9-25(18-49)54-30)37(29,36(48)53)19-5-2-1-3-6-19)10-11-27-31(28)35(52)47(33(27)50)24-14-20(38(41,42)43)13-21(15-24)39(44,45)46/h1-10,12-16,27-29,31-32,49H,11,17-18H2. The molecule has 54 heavy (non-hydrogen) atoms. The van der Waals surface area contributed by atoms with Gasteiger partial charge in [0.1, 0.15) is 23.5 Å². The van der Waals surface area contributed by atoms with E-state index in [1.54, 1.807) is 54.6 Å². The average Bonchev–Trinajstić information content (AvgIpc) is 3.77. The molecule has 4 amide bonds. The summed E-state index contributed by atoms with van der Waals surface area (Å²) in [6.07, 6.45) is -9.15. The number of anilines is 2. The number of benzene rings is 3. The van der Waals surface area contributed by atoms with Crippen molar-refractivity contribution in [2.75, 3.05) is 9.80 Å². The molecule has 6 atom stereocenters. The lowest BCUT2D eigenvalue weighted by Crippen LogP contribution is -2.53. The molecule has 1 N–H and O–H groups in total. The second-order valence-electron chi connectivity index (χ2n) is 13.8. The van der Waals surface area contributed by atoms with E-state index in [0.717, 1.165) is 4.90 Å². The Morgan fingerprint density at radius 3 is 2.06 bits per heavy atom. The summed E-state index contributed by atoms with van der Waals surface area (Å²) in [5.74, 6) is -8.79. The maximum absolute atomic E-state index is 15.2. The van der Waals surface area contributed by atoms with Crippen LogP contribution < -0.4 is 9.80 Å². The zero-order chi connectivity index (χ0) is 38.5. The van der Waals surface area contributed by atoms with Crippen LogP contribution in [0.1, 0.15) is 47.0 Å². The fraction of sp³-hybridized carbons (Fsp3) is 0.282. The molecule has 8 rings (SSSR count). The smallest absolute Gasteiger partial charge is 0.416 e. The summed E-state index contributed by atoms with van der Waals surface area (Å²) in [6, 6.07) is 18.2. The van der Waals surface area contributed by atoms with Gasteiger partial charge in [0, 0.05) is 5.02 Å². The van der Waals surface area contributed by atoms with Crippen molar-refractivity contribution in [2.45, 2.75) is 43.1 Å². The van der Waals surface area contributed by atoms with E-state index in [2.05, 4.69) is 0 Å². The van der Waals surface area contributed by atoms with Gasteiger partial charge in [0.15, 0.2) is 0 Å². The fourth-order valence-electron chi connectivity index (χ4n) is 9.01. The van der Waals surface area contributed by atoms with Gasteiger partial charge in [-0.2, -0.15) is 26.3 Å². The number of fused-ring (bicyclic) bond motifs is 4. The summed E-state index contributed by atoms with van der Waals surface area (Å²) >= 11 is 6.29. The summed E-state index contributed by atoms with van der Waals surface area (Å²) in [4.78, 5) is 59.7. The van der Waals surface area contributed by atoms with Crippen LogP contribution in [0, 0.1) is 23.7 Å². The molecule has 2 aliphatic heterocycles. The van der Waals surface area contributed by atoms with E-state index in [4.69, 9.17) is 16.0 Å². The van der Waals surface area contributed by atoms with Gasteiger partial charge in [-0.3, -0.25) is 19.2 Å². The van der Waals surface area contributed by atoms with Crippen molar-refractivity contribution in [3.8, 4) is 0 Å². The molecule has 4 aliphatic rings. The second kappa shape index (κ2) is 12.4. The summed E-state index contributed by atoms with van der Waals surface area (Å²) in [5, 5.41) is 10.2. The molecule has 6 unspecified atom stereocenters. The Morgan fingerprint density at radius 2 is 1.44 bits per heavy atom. The highest BCUT2D eigenvalue weighted by Gasteiger charge is 2.71. The number of rotatable bonds is 5. The number of amides is 4. The molecule has 1 saturated carbocycles. The number of allylic oxidation sites excluding steroid dienone is 2. The molecular weight excluding hydrogens is 742 g/mol. The Bertz CT molecular complexity index is 2240. The molecule has 1 aromatic heterocycles. The van der Waals surface area contributed by atoms with E-state index in [0.29, 0.717) is 28.2 Å². The van der Waals surface area contributed by atoms with Gasteiger partial charge in [0.2, 0.25) is 23.6 Å². The molecule has 2 saturated heterocycles. The van der Waals surface area contributed by atoms with E-state index >= 15 is 4.79 Å². The molecular formula is C39H27ClF6N2O6. The predicted octanol–water partition coefficient (Wildman–Crippen LogP) is 7.83. The largest absolute Gasteiger partial charge is 0.463 e. The first-order valence-electron chi connectivity index (χ1n) is 16.8. The minimum Gasteiger partial charge on any atom is -0.463 e. The van der Waals surface area contributed by atoms with Gasteiger partial charge >= 0.3 is 12.4 Å². The molecule has 278 valence electrons. The van der Waals surface area contributed by atoms with Crippen LogP contribution in [0.3, 0.4) is 0 Å². The number of aliphatic hydroxyl groups excluding tert-OH is 1. The molecule has 2 aliphatic carbocycles. The van der Waals surface area contributed by atoms with Crippen LogP contribution in [-0.4, -0.2) is 28.7 Å². The molecule has 0 spiro atoms.